The first kappa shape index (κ1) is 14.9. The molecule has 0 saturated carbocycles. The fraction of sp³-hybridized carbons (Fsp3) is 0.125. The Balaban J connectivity index is 1.78. The second-order valence-corrected chi connectivity index (χ2v) is 5.98. The van der Waals surface area contributed by atoms with Crippen LogP contribution in [-0.2, 0) is 5.75 Å². The van der Waals surface area contributed by atoms with E-state index in [0.717, 1.165) is 22.3 Å². The Morgan fingerprint density at radius 3 is 2.86 bits per heavy atom. The maximum absolute atomic E-state index is 6.05. The van der Waals surface area contributed by atoms with Crippen LogP contribution in [0, 0.1) is 0 Å². The van der Waals surface area contributed by atoms with Crippen LogP contribution in [0.3, 0.4) is 0 Å². The lowest BCUT2D eigenvalue weighted by Crippen LogP contribution is -1.95. The van der Waals surface area contributed by atoms with Gasteiger partial charge in [-0.2, -0.15) is 0 Å². The van der Waals surface area contributed by atoms with Crippen molar-refractivity contribution in [3.05, 3.63) is 65.4 Å². The molecule has 0 radical (unpaired) electrons. The lowest BCUT2D eigenvalue weighted by molar-refractivity contribution is 0.414. The lowest BCUT2D eigenvalue weighted by atomic mass is 10.2. The molecule has 3 aromatic rings. The van der Waals surface area contributed by atoms with E-state index in [1.807, 2.05) is 47.0 Å². The third-order valence-electron chi connectivity index (χ3n) is 3.10. The maximum Gasteiger partial charge on any atom is 0.195 e. The Morgan fingerprint density at radius 2 is 2.05 bits per heavy atom. The number of rotatable bonds is 5. The van der Waals surface area contributed by atoms with Gasteiger partial charge in [-0.15, -0.1) is 10.2 Å². The average molecular weight is 332 g/mol. The minimum absolute atomic E-state index is 0.690. The van der Waals surface area contributed by atoms with Crippen molar-refractivity contribution in [3.63, 3.8) is 0 Å². The van der Waals surface area contributed by atoms with Gasteiger partial charge in [0.2, 0.25) is 0 Å². The summed E-state index contributed by atoms with van der Waals surface area (Å²) in [6, 6.07) is 15.6. The zero-order valence-electron chi connectivity index (χ0n) is 11.9. The normalized spacial score (nSPS) is 10.6. The molecule has 0 spiro atoms. The molecule has 4 nitrogen and oxygen atoms in total. The second kappa shape index (κ2) is 6.85. The fourth-order valence-corrected chi connectivity index (χ4v) is 3.09. The molecule has 0 N–H and O–H groups in total. The van der Waals surface area contributed by atoms with Crippen LogP contribution < -0.4 is 4.74 Å². The van der Waals surface area contributed by atoms with Crippen molar-refractivity contribution in [1.29, 1.82) is 0 Å². The molecule has 1 aromatic heterocycles. The zero-order chi connectivity index (χ0) is 15.4. The fourth-order valence-electron chi connectivity index (χ4n) is 2.04. The molecule has 22 heavy (non-hydrogen) atoms. The molecule has 0 fully saturated rings. The van der Waals surface area contributed by atoms with Gasteiger partial charge in [0, 0.05) is 10.8 Å². The molecule has 0 aliphatic rings. The van der Waals surface area contributed by atoms with E-state index in [0.29, 0.717) is 5.02 Å². The Morgan fingerprint density at radius 1 is 1.18 bits per heavy atom. The van der Waals surface area contributed by atoms with E-state index in [4.69, 9.17) is 16.3 Å². The number of thioether (sulfide) groups is 1. The molecule has 2 aromatic carbocycles. The van der Waals surface area contributed by atoms with E-state index in [1.54, 1.807) is 25.2 Å². The average Bonchev–Trinajstić information content (AvgIpc) is 3.02. The summed E-state index contributed by atoms with van der Waals surface area (Å²) in [4.78, 5) is 0. The molecule has 0 atom stereocenters. The number of hydrogen-bond acceptors (Lipinski definition) is 4. The van der Waals surface area contributed by atoms with Gasteiger partial charge in [0.05, 0.1) is 12.8 Å². The highest BCUT2D eigenvalue weighted by molar-refractivity contribution is 7.98. The molecule has 0 aliphatic heterocycles. The molecular formula is C16H14ClN3OS. The molecule has 6 heteroatoms. The van der Waals surface area contributed by atoms with Crippen molar-refractivity contribution in [2.45, 2.75) is 10.9 Å². The summed E-state index contributed by atoms with van der Waals surface area (Å²) >= 11 is 7.66. The SMILES string of the molecule is COc1cccc(CSc2nncn2-c2cccc(Cl)c2)c1. The van der Waals surface area contributed by atoms with Crippen molar-refractivity contribution < 1.29 is 4.74 Å². The number of methoxy groups -OCH3 is 1. The van der Waals surface area contributed by atoms with Gasteiger partial charge in [-0.1, -0.05) is 41.6 Å². The zero-order valence-corrected chi connectivity index (χ0v) is 13.5. The van der Waals surface area contributed by atoms with Gasteiger partial charge < -0.3 is 4.74 Å². The van der Waals surface area contributed by atoms with Crippen molar-refractivity contribution in [2.24, 2.45) is 0 Å². The number of hydrogen-bond donors (Lipinski definition) is 0. The quantitative estimate of drug-likeness (QED) is 0.656. The van der Waals surface area contributed by atoms with Crippen LogP contribution in [0.25, 0.3) is 5.69 Å². The smallest absolute Gasteiger partial charge is 0.195 e. The summed E-state index contributed by atoms with van der Waals surface area (Å²) in [7, 11) is 1.67. The number of benzene rings is 2. The van der Waals surface area contributed by atoms with Crippen LogP contribution in [0.1, 0.15) is 5.56 Å². The van der Waals surface area contributed by atoms with E-state index < -0.39 is 0 Å². The first-order chi connectivity index (χ1) is 10.8. The predicted octanol–water partition coefficient (Wildman–Crippen LogP) is 4.22. The summed E-state index contributed by atoms with van der Waals surface area (Å²) in [6.07, 6.45) is 1.69. The predicted molar refractivity (Wildman–Crippen MR) is 88.9 cm³/mol. The van der Waals surface area contributed by atoms with E-state index in [2.05, 4.69) is 16.3 Å². The third-order valence-corrected chi connectivity index (χ3v) is 4.35. The number of nitrogens with zero attached hydrogens (tertiary/aromatic N) is 3. The van der Waals surface area contributed by atoms with Gasteiger partial charge >= 0.3 is 0 Å². The van der Waals surface area contributed by atoms with Crippen molar-refractivity contribution in [2.75, 3.05) is 7.11 Å². The van der Waals surface area contributed by atoms with E-state index in [-0.39, 0.29) is 0 Å². The van der Waals surface area contributed by atoms with Gasteiger partial charge in [0.25, 0.3) is 0 Å². The number of aromatic nitrogens is 3. The molecule has 3 rings (SSSR count). The second-order valence-electron chi connectivity index (χ2n) is 4.60. The van der Waals surface area contributed by atoms with Crippen LogP contribution in [-0.4, -0.2) is 21.9 Å². The van der Waals surface area contributed by atoms with E-state index in [9.17, 15) is 0 Å². The van der Waals surface area contributed by atoms with Gasteiger partial charge in [-0.25, -0.2) is 0 Å². The minimum atomic E-state index is 0.690. The summed E-state index contributed by atoms with van der Waals surface area (Å²) in [6.45, 7) is 0. The van der Waals surface area contributed by atoms with Gasteiger partial charge in [-0.3, -0.25) is 4.57 Å². The maximum atomic E-state index is 6.05. The minimum Gasteiger partial charge on any atom is -0.497 e. The molecule has 0 saturated heterocycles. The summed E-state index contributed by atoms with van der Waals surface area (Å²) in [5, 5.41) is 9.69. The molecular weight excluding hydrogens is 318 g/mol. The van der Waals surface area contributed by atoms with Crippen LogP contribution >= 0.6 is 23.4 Å². The van der Waals surface area contributed by atoms with Crippen molar-refractivity contribution in [3.8, 4) is 11.4 Å². The van der Waals surface area contributed by atoms with Gasteiger partial charge in [0.1, 0.15) is 12.1 Å². The number of halogens is 1. The molecule has 112 valence electrons. The van der Waals surface area contributed by atoms with Crippen LogP contribution in [0.15, 0.2) is 60.0 Å². The highest BCUT2D eigenvalue weighted by Gasteiger charge is 2.08. The largest absolute Gasteiger partial charge is 0.497 e. The molecule has 0 bridgehead atoms. The van der Waals surface area contributed by atoms with E-state index >= 15 is 0 Å². The van der Waals surface area contributed by atoms with E-state index in [1.165, 1.54) is 5.56 Å². The molecule has 0 aliphatic carbocycles. The summed E-state index contributed by atoms with van der Waals surface area (Å²) in [5.74, 6) is 1.64. The topological polar surface area (TPSA) is 39.9 Å². The monoisotopic (exact) mass is 331 g/mol. The highest BCUT2D eigenvalue weighted by atomic mass is 35.5. The summed E-state index contributed by atoms with van der Waals surface area (Å²) in [5.41, 5.74) is 2.12. The number of ether oxygens (including phenoxy) is 1. The Bertz CT molecular complexity index is 775. The molecule has 1 heterocycles. The van der Waals surface area contributed by atoms with Gasteiger partial charge in [0.15, 0.2) is 5.16 Å². The van der Waals surface area contributed by atoms with Crippen LogP contribution in [0.4, 0.5) is 0 Å². The third kappa shape index (κ3) is 3.43. The van der Waals surface area contributed by atoms with Crippen molar-refractivity contribution in [1.82, 2.24) is 14.8 Å². The Hall–Kier alpha value is -1.98. The van der Waals surface area contributed by atoms with Gasteiger partial charge in [-0.05, 0) is 35.9 Å². The molecule has 0 unspecified atom stereocenters. The molecule has 0 amide bonds. The summed E-state index contributed by atoms with van der Waals surface area (Å²) < 4.78 is 7.17. The highest BCUT2D eigenvalue weighted by Crippen LogP contribution is 2.25. The van der Waals surface area contributed by atoms with Crippen LogP contribution in [0.5, 0.6) is 5.75 Å². The van der Waals surface area contributed by atoms with Crippen molar-refractivity contribution >= 4 is 23.4 Å². The Kier molecular flexibility index (Phi) is 4.65. The van der Waals surface area contributed by atoms with Crippen LogP contribution in [0.2, 0.25) is 5.02 Å². The first-order valence-electron chi connectivity index (χ1n) is 6.68. The first-order valence-corrected chi connectivity index (χ1v) is 8.04. The lowest BCUT2D eigenvalue weighted by Gasteiger charge is -2.07. The Labute approximate surface area is 138 Å². The standard InChI is InChI=1S/C16H14ClN3OS/c1-21-15-7-2-4-12(8-15)10-22-16-19-18-11-20(16)14-6-3-5-13(17)9-14/h2-9,11H,10H2,1H3.